The molecule has 3 heterocycles. The van der Waals surface area contributed by atoms with Gasteiger partial charge in [-0.05, 0) is 30.2 Å². The molecule has 6 heteroatoms. The smallest absolute Gasteiger partial charge is 0.235 e. The highest BCUT2D eigenvalue weighted by molar-refractivity contribution is 9.10. The molecule has 0 radical (unpaired) electrons. The largest absolute Gasteiger partial charge is 0.353 e. The number of hydrogen-bond donors (Lipinski definition) is 0. The van der Waals surface area contributed by atoms with Crippen molar-refractivity contribution in [2.75, 3.05) is 11.4 Å². The van der Waals surface area contributed by atoms with Crippen LogP contribution in [0, 0.1) is 17.3 Å². The normalized spacial score (nSPS) is 27.9. The van der Waals surface area contributed by atoms with Gasteiger partial charge in [0.15, 0.2) is 5.78 Å². The van der Waals surface area contributed by atoms with Gasteiger partial charge in [-0.25, -0.2) is 0 Å². The average Bonchev–Trinajstić information content (AvgIpc) is 3.12. The number of unbranched alkanes of at least 4 members (excludes halogenated alkanes) is 1. The lowest BCUT2D eigenvalue weighted by Crippen LogP contribution is -2.51. The van der Waals surface area contributed by atoms with Crippen molar-refractivity contribution in [1.29, 1.82) is 0 Å². The van der Waals surface area contributed by atoms with Gasteiger partial charge in [-0.1, -0.05) is 62.2 Å². The number of anilines is 1. The number of Topliss-reactive ketones (excluding diaryl/α,β-unsaturated/α-hetero) is 1. The van der Waals surface area contributed by atoms with Crippen molar-refractivity contribution in [2.45, 2.75) is 52.6 Å². The van der Waals surface area contributed by atoms with Gasteiger partial charge in [-0.15, -0.1) is 0 Å². The maximum atomic E-state index is 13.6. The summed E-state index contributed by atoms with van der Waals surface area (Å²) >= 11 is 3.50. The predicted octanol–water partition coefficient (Wildman–Crippen LogP) is 4.05. The number of nitrogens with zero attached hydrogens (tertiary/aromatic N) is 2. The number of ketones is 1. The lowest BCUT2D eigenvalue weighted by Gasteiger charge is -2.38. The van der Waals surface area contributed by atoms with Gasteiger partial charge < -0.3 is 4.90 Å². The third-order valence-corrected chi connectivity index (χ3v) is 6.80. The summed E-state index contributed by atoms with van der Waals surface area (Å²) in [5.41, 5.74) is 1.30. The minimum absolute atomic E-state index is 0.0117. The van der Waals surface area contributed by atoms with E-state index in [0.29, 0.717) is 6.54 Å². The molecule has 1 aromatic rings. The molecule has 4 unspecified atom stereocenters. The van der Waals surface area contributed by atoms with Crippen LogP contribution in [0.3, 0.4) is 0 Å². The first kappa shape index (κ1) is 20.3. The number of hydrogen-bond acceptors (Lipinski definition) is 4. The van der Waals surface area contributed by atoms with Crippen LogP contribution in [0.4, 0.5) is 5.69 Å². The Morgan fingerprint density at radius 2 is 1.83 bits per heavy atom. The fourth-order valence-corrected chi connectivity index (χ4v) is 5.26. The van der Waals surface area contributed by atoms with Crippen LogP contribution in [-0.2, 0) is 14.4 Å². The summed E-state index contributed by atoms with van der Waals surface area (Å²) in [5.74, 6) is -1.41. The molecule has 4 rings (SSSR count). The zero-order chi connectivity index (χ0) is 21.1. The van der Waals surface area contributed by atoms with Crippen LogP contribution in [0.25, 0.3) is 6.08 Å². The highest BCUT2D eigenvalue weighted by atomic mass is 79.9. The van der Waals surface area contributed by atoms with Gasteiger partial charge >= 0.3 is 0 Å². The molecule has 4 atom stereocenters. The first-order valence-corrected chi connectivity index (χ1v) is 11.1. The van der Waals surface area contributed by atoms with E-state index in [2.05, 4.69) is 15.9 Å². The fourth-order valence-electron chi connectivity index (χ4n) is 4.89. The molecule has 29 heavy (non-hydrogen) atoms. The number of benzene rings is 1. The molecular weight excluding hydrogens is 432 g/mol. The number of amides is 2. The van der Waals surface area contributed by atoms with Gasteiger partial charge in [0.1, 0.15) is 6.04 Å². The molecule has 0 N–H and O–H groups in total. The molecule has 1 aromatic carbocycles. The highest BCUT2D eigenvalue weighted by Gasteiger charge is 2.64. The first-order chi connectivity index (χ1) is 13.7. The van der Waals surface area contributed by atoms with E-state index in [9.17, 15) is 14.4 Å². The van der Waals surface area contributed by atoms with Crippen molar-refractivity contribution in [3.63, 3.8) is 0 Å². The standard InChI is InChI=1S/C23H27BrN2O3/c1-5-6-11-25-21(28)17-16-9-7-13-12-14(24)8-10-15(13)26(16)19(18(17)22(25)29)20(27)23(2,3)4/h7-10,12,16-19H,5-6,11H2,1-4H3. The zero-order valence-electron chi connectivity index (χ0n) is 17.3. The summed E-state index contributed by atoms with van der Waals surface area (Å²) in [5, 5.41) is 0. The van der Waals surface area contributed by atoms with Crippen molar-refractivity contribution in [3.05, 3.63) is 34.3 Å². The number of imide groups is 1. The van der Waals surface area contributed by atoms with Crippen LogP contribution in [0.2, 0.25) is 0 Å². The Morgan fingerprint density at radius 3 is 2.48 bits per heavy atom. The van der Waals surface area contributed by atoms with E-state index < -0.39 is 23.3 Å². The topological polar surface area (TPSA) is 57.7 Å². The Balaban J connectivity index is 1.83. The molecule has 0 bridgehead atoms. The summed E-state index contributed by atoms with van der Waals surface area (Å²) in [7, 11) is 0. The number of carbonyl (C=O) groups is 3. The van der Waals surface area contributed by atoms with Crippen molar-refractivity contribution in [2.24, 2.45) is 17.3 Å². The number of rotatable bonds is 4. The van der Waals surface area contributed by atoms with Crippen LogP contribution >= 0.6 is 15.9 Å². The van der Waals surface area contributed by atoms with Gasteiger partial charge in [-0.2, -0.15) is 0 Å². The Hall–Kier alpha value is -1.95. The van der Waals surface area contributed by atoms with Crippen LogP contribution in [0.1, 0.15) is 46.1 Å². The Bertz CT molecular complexity index is 917. The molecule has 0 spiro atoms. The van der Waals surface area contributed by atoms with Gasteiger partial charge in [0, 0.05) is 22.1 Å². The molecule has 0 aliphatic carbocycles. The van der Waals surface area contributed by atoms with Crippen molar-refractivity contribution in [3.8, 4) is 0 Å². The lowest BCUT2D eigenvalue weighted by atomic mass is 9.79. The molecule has 3 aliphatic rings. The Kier molecular flexibility index (Phi) is 4.96. The molecule has 3 aliphatic heterocycles. The minimum Gasteiger partial charge on any atom is -0.353 e. The van der Waals surface area contributed by atoms with Crippen molar-refractivity contribution >= 4 is 45.3 Å². The Morgan fingerprint density at radius 1 is 1.14 bits per heavy atom. The summed E-state index contributed by atoms with van der Waals surface area (Å²) in [6, 6.07) is 5.03. The molecule has 5 nitrogen and oxygen atoms in total. The summed E-state index contributed by atoms with van der Waals surface area (Å²) in [6.45, 7) is 8.14. The van der Waals surface area contributed by atoms with E-state index >= 15 is 0 Å². The maximum Gasteiger partial charge on any atom is 0.235 e. The number of halogens is 1. The van der Waals surface area contributed by atoms with Gasteiger partial charge in [-0.3, -0.25) is 19.3 Å². The molecule has 2 saturated heterocycles. The van der Waals surface area contributed by atoms with Gasteiger partial charge in [0.25, 0.3) is 0 Å². The van der Waals surface area contributed by atoms with Crippen molar-refractivity contribution in [1.82, 2.24) is 4.90 Å². The monoisotopic (exact) mass is 458 g/mol. The predicted molar refractivity (Wildman–Crippen MR) is 116 cm³/mol. The van der Waals surface area contributed by atoms with E-state index in [4.69, 9.17) is 0 Å². The SMILES string of the molecule is CCCCN1C(=O)C2C(C1=O)C(C(=O)C(C)(C)C)N1c3ccc(Br)cc3C=CC21. The molecule has 0 saturated carbocycles. The molecule has 0 aromatic heterocycles. The average molecular weight is 459 g/mol. The zero-order valence-corrected chi connectivity index (χ0v) is 18.9. The van der Waals surface area contributed by atoms with E-state index in [-0.39, 0.29) is 23.6 Å². The van der Waals surface area contributed by atoms with E-state index in [1.54, 1.807) is 0 Å². The second-order valence-electron chi connectivity index (χ2n) is 9.25. The highest BCUT2D eigenvalue weighted by Crippen LogP contribution is 2.50. The molecular formula is C23H27BrN2O3. The minimum atomic E-state index is -0.627. The van der Waals surface area contributed by atoms with Crippen LogP contribution in [-0.4, -0.2) is 41.1 Å². The van der Waals surface area contributed by atoms with Crippen LogP contribution in [0.5, 0.6) is 0 Å². The van der Waals surface area contributed by atoms with Crippen LogP contribution in [0.15, 0.2) is 28.7 Å². The van der Waals surface area contributed by atoms with Gasteiger partial charge in [0.05, 0.1) is 17.9 Å². The summed E-state index contributed by atoms with van der Waals surface area (Å²) in [4.78, 5) is 43.6. The van der Waals surface area contributed by atoms with Gasteiger partial charge in [0.2, 0.25) is 11.8 Å². The summed E-state index contributed by atoms with van der Waals surface area (Å²) < 4.78 is 0.954. The first-order valence-electron chi connectivity index (χ1n) is 10.3. The second kappa shape index (κ2) is 7.08. The third kappa shape index (κ3) is 3.07. The van der Waals surface area contributed by atoms with Crippen molar-refractivity contribution < 1.29 is 14.4 Å². The van der Waals surface area contributed by atoms with Crippen LogP contribution < -0.4 is 4.90 Å². The molecule has 2 amide bonds. The summed E-state index contributed by atoms with van der Waals surface area (Å²) in [6.07, 6.45) is 5.70. The quantitative estimate of drug-likeness (QED) is 0.638. The van der Waals surface area contributed by atoms with E-state index in [1.807, 2.05) is 62.9 Å². The fraction of sp³-hybridized carbons (Fsp3) is 0.522. The maximum absolute atomic E-state index is 13.6. The third-order valence-electron chi connectivity index (χ3n) is 6.30. The Labute approximate surface area is 180 Å². The number of likely N-dealkylation sites (tertiary alicyclic amines) is 1. The second-order valence-corrected chi connectivity index (χ2v) is 10.2. The number of fused-ring (bicyclic) bond motifs is 5. The lowest BCUT2D eigenvalue weighted by molar-refractivity contribution is -0.142. The molecule has 154 valence electrons. The van der Waals surface area contributed by atoms with E-state index in [1.165, 1.54) is 4.90 Å². The number of carbonyl (C=O) groups excluding carboxylic acids is 3. The van der Waals surface area contributed by atoms with E-state index in [0.717, 1.165) is 28.6 Å². The molecule has 2 fully saturated rings.